The van der Waals surface area contributed by atoms with Crippen LogP contribution < -0.4 is 10.4 Å². The Bertz CT molecular complexity index is 1120. The van der Waals surface area contributed by atoms with Gasteiger partial charge in [0.05, 0.1) is 0 Å². The van der Waals surface area contributed by atoms with Crippen LogP contribution >= 0.6 is 0 Å². The second kappa shape index (κ2) is 4.95. The summed E-state index contributed by atoms with van der Waals surface area (Å²) in [5.74, 6) is 0.963. The second-order valence-corrected chi connectivity index (χ2v) is 7.63. The zero-order valence-electron chi connectivity index (χ0n) is 14.2. The summed E-state index contributed by atoms with van der Waals surface area (Å²) in [6.07, 6.45) is 13.6. The lowest BCUT2D eigenvalue weighted by molar-refractivity contribution is 0.663. The summed E-state index contributed by atoms with van der Waals surface area (Å²) in [6, 6.07) is 17.8. The number of rotatable bonds is 0. The third-order valence-corrected chi connectivity index (χ3v) is 6.41. The average Bonchev–Trinajstić information content (AvgIpc) is 3.16. The van der Waals surface area contributed by atoms with Crippen molar-refractivity contribution in [2.45, 2.75) is 25.2 Å². The molecule has 0 radical (unpaired) electrons. The molecular formula is C25H20. The van der Waals surface area contributed by atoms with E-state index < -0.39 is 0 Å². The third kappa shape index (κ3) is 1.83. The van der Waals surface area contributed by atoms with Crippen molar-refractivity contribution in [1.29, 1.82) is 0 Å². The predicted octanol–water partition coefficient (Wildman–Crippen LogP) is 4.48. The SMILES string of the molecule is C1=Cc2ccccc2C2C1=C1CCCC1=C1C=c3ccccc3=CC12. The van der Waals surface area contributed by atoms with Crippen molar-refractivity contribution in [3.8, 4) is 0 Å². The van der Waals surface area contributed by atoms with E-state index in [9.17, 15) is 0 Å². The molecule has 0 aromatic heterocycles. The summed E-state index contributed by atoms with van der Waals surface area (Å²) >= 11 is 0. The van der Waals surface area contributed by atoms with E-state index in [-0.39, 0.29) is 0 Å². The molecule has 0 bridgehead atoms. The molecule has 0 heterocycles. The van der Waals surface area contributed by atoms with Crippen LogP contribution in [0, 0.1) is 5.92 Å². The lowest BCUT2D eigenvalue weighted by Crippen LogP contribution is -2.34. The lowest BCUT2D eigenvalue weighted by atomic mass is 9.65. The molecular weight excluding hydrogens is 300 g/mol. The summed E-state index contributed by atoms with van der Waals surface area (Å²) in [7, 11) is 0. The first kappa shape index (κ1) is 13.7. The van der Waals surface area contributed by atoms with Gasteiger partial charge in [0.15, 0.2) is 0 Å². The van der Waals surface area contributed by atoms with Gasteiger partial charge in [0.2, 0.25) is 0 Å². The monoisotopic (exact) mass is 320 g/mol. The van der Waals surface area contributed by atoms with E-state index in [4.69, 9.17) is 0 Å². The second-order valence-electron chi connectivity index (χ2n) is 7.63. The Morgan fingerprint density at radius 2 is 1.48 bits per heavy atom. The van der Waals surface area contributed by atoms with Crippen molar-refractivity contribution in [2.24, 2.45) is 5.92 Å². The smallest absolute Gasteiger partial charge is 0.0202 e. The molecule has 0 heteroatoms. The highest BCUT2D eigenvalue weighted by atomic mass is 14.4. The maximum Gasteiger partial charge on any atom is 0.0202 e. The van der Waals surface area contributed by atoms with Crippen LogP contribution in [0.5, 0.6) is 0 Å². The van der Waals surface area contributed by atoms with Crippen LogP contribution in [0.2, 0.25) is 0 Å². The first-order valence-corrected chi connectivity index (χ1v) is 9.42. The van der Waals surface area contributed by atoms with Gasteiger partial charge in [-0.15, -0.1) is 0 Å². The van der Waals surface area contributed by atoms with Gasteiger partial charge in [-0.25, -0.2) is 0 Å². The van der Waals surface area contributed by atoms with E-state index in [2.05, 4.69) is 72.8 Å². The highest BCUT2D eigenvalue weighted by Crippen LogP contribution is 2.53. The van der Waals surface area contributed by atoms with E-state index in [0.717, 1.165) is 0 Å². The van der Waals surface area contributed by atoms with Gasteiger partial charge in [0, 0.05) is 11.8 Å². The van der Waals surface area contributed by atoms with Gasteiger partial charge in [-0.05, 0) is 63.1 Å². The van der Waals surface area contributed by atoms with Crippen LogP contribution in [0.3, 0.4) is 0 Å². The average molecular weight is 320 g/mol. The summed E-state index contributed by atoms with van der Waals surface area (Å²) in [5.41, 5.74) is 9.36. The molecule has 2 unspecified atom stereocenters. The first-order valence-electron chi connectivity index (χ1n) is 9.42. The molecule has 1 saturated carbocycles. The maximum absolute atomic E-state index is 2.54. The molecule has 4 aliphatic carbocycles. The van der Waals surface area contributed by atoms with E-state index in [1.54, 1.807) is 22.3 Å². The van der Waals surface area contributed by atoms with Crippen LogP contribution in [-0.4, -0.2) is 0 Å². The molecule has 120 valence electrons. The molecule has 25 heavy (non-hydrogen) atoms. The van der Waals surface area contributed by atoms with Gasteiger partial charge < -0.3 is 0 Å². The van der Waals surface area contributed by atoms with Crippen LogP contribution in [0.1, 0.15) is 36.3 Å². The highest BCUT2D eigenvalue weighted by Gasteiger charge is 2.39. The minimum absolute atomic E-state index is 0.479. The Morgan fingerprint density at radius 3 is 2.40 bits per heavy atom. The van der Waals surface area contributed by atoms with E-state index in [0.29, 0.717) is 11.8 Å². The molecule has 0 aliphatic heterocycles. The molecule has 1 fully saturated rings. The first-order chi connectivity index (χ1) is 12.4. The third-order valence-electron chi connectivity index (χ3n) is 6.41. The molecule has 0 spiro atoms. The standard InChI is InChI=1S/C25H20/c1-2-8-18-15-24-23(14-17(18)7-1)21-11-5-10-20(21)22-13-12-16-6-3-4-9-19(16)25(22)24/h1-4,6-9,12-15,24-25H,5,10-11H2. The van der Waals surface area contributed by atoms with Crippen molar-refractivity contribution in [1.82, 2.24) is 0 Å². The van der Waals surface area contributed by atoms with Crippen molar-refractivity contribution < 1.29 is 0 Å². The van der Waals surface area contributed by atoms with Crippen molar-refractivity contribution in [3.05, 3.63) is 98.5 Å². The summed E-state index contributed by atoms with van der Waals surface area (Å²) in [6.45, 7) is 0. The van der Waals surface area contributed by atoms with Gasteiger partial charge in [-0.2, -0.15) is 0 Å². The number of benzene rings is 2. The quantitative estimate of drug-likeness (QED) is 0.671. The predicted molar refractivity (Wildman–Crippen MR) is 104 cm³/mol. The number of hydrogen-bond donors (Lipinski definition) is 0. The molecule has 6 rings (SSSR count). The van der Waals surface area contributed by atoms with Crippen LogP contribution in [0.4, 0.5) is 0 Å². The van der Waals surface area contributed by atoms with E-state index in [1.165, 1.54) is 40.8 Å². The fraction of sp³-hybridized carbons (Fsp3) is 0.200. The number of allylic oxidation sites excluding steroid dienone is 5. The maximum atomic E-state index is 2.54. The zero-order chi connectivity index (χ0) is 16.4. The summed E-state index contributed by atoms with van der Waals surface area (Å²) in [4.78, 5) is 0. The Labute approximate surface area is 148 Å². The summed E-state index contributed by atoms with van der Waals surface area (Å²) in [5, 5.41) is 2.78. The van der Waals surface area contributed by atoms with Gasteiger partial charge in [-0.1, -0.05) is 72.8 Å². The number of hydrogen-bond acceptors (Lipinski definition) is 0. The van der Waals surface area contributed by atoms with Gasteiger partial charge in [-0.3, -0.25) is 0 Å². The molecule has 2 aromatic carbocycles. The van der Waals surface area contributed by atoms with Crippen molar-refractivity contribution >= 4 is 18.2 Å². The minimum atomic E-state index is 0.479. The fourth-order valence-electron chi connectivity index (χ4n) is 5.36. The molecule has 0 amide bonds. The minimum Gasteiger partial charge on any atom is -0.0682 e. The van der Waals surface area contributed by atoms with Gasteiger partial charge in [0.25, 0.3) is 0 Å². The highest BCUT2D eigenvalue weighted by molar-refractivity contribution is 5.75. The van der Waals surface area contributed by atoms with Gasteiger partial charge >= 0.3 is 0 Å². The normalized spacial score (nSPS) is 25.3. The molecule has 0 saturated heterocycles. The molecule has 0 N–H and O–H groups in total. The van der Waals surface area contributed by atoms with Crippen LogP contribution in [0.15, 0.2) is 76.9 Å². The lowest BCUT2D eigenvalue weighted by Gasteiger charge is -2.38. The van der Waals surface area contributed by atoms with Crippen molar-refractivity contribution in [2.75, 3.05) is 0 Å². The summed E-state index contributed by atoms with van der Waals surface area (Å²) < 4.78 is 0. The Morgan fingerprint density at radius 1 is 0.720 bits per heavy atom. The van der Waals surface area contributed by atoms with Crippen LogP contribution in [0.25, 0.3) is 18.2 Å². The molecule has 2 atom stereocenters. The molecule has 4 aliphatic rings. The zero-order valence-corrected chi connectivity index (χ0v) is 14.2. The largest absolute Gasteiger partial charge is 0.0682 e. The fourth-order valence-corrected chi connectivity index (χ4v) is 5.36. The van der Waals surface area contributed by atoms with E-state index in [1.807, 2.05) is 0 Å². The molecule has 2 aromatic rings. The Hall–Kier alpha value is -2.60. The van der Waals surface area contributed by atoms with E-state index >= 15 is 0 Å². The Balaban J connectivity index is 1.70. The van der Waals surface area contributed by atoms with Crippen molar-refractivity contribution in [3.63, 3.8) is 0 Å². The topological polar surface area (TPSA) is 0 Å². The molecule has 0 nitrogen and oxygen atoms in total. The Kier molecular flexibility index (Phi) is 2.71. The van der Waals surface area contributed by atoms with Crippen LogP contribution in [-0.2, 0) is 0 Å². The van der Waals surface area contributed by atoms with Gasteiger partial charge in [0.1, 0.15) is 0 Å². The number of fused-ring (bicyclic) bond motifs is 7.